The Morgan fingerprint density at radius 1 is 0.947 bits per heavy atom. The van der Waals surface area contributed by atoms with Gasteiger partial charge in [-0.1, -0.05) is 24.3 Å². The number of benzene rings is 2. The van der Waals surface area contributed by atoms with Crippen molar-refractivity contribution in [1.82, 2.24) is 0 Å². The normalized spacial score (nSPS) is 11.4. The zero-order valence-electron chi connectivity index (χ0n) is 10.1. The second kappa shape index (κ2) is 5.57. The molecule has 0 unspecified atom stereocenters. The van der Waals surface area contributed by atoms with Gasteiger partial charge in [-0.2, -0.15) is 0 Å². The van der Waals surface area contributed by atoms with Crippen molar-refractivity contribution in [3.63, 3.8) is 0 Å². The molecule has 0 radical (unpaired) electrons. The van der Waals surface area contributed by atoms with Crippen LogP contribution < -0.4 is 4.74 Å². The number of alkyl halides is 3. The molecule has 0 saturated carbocycles. The maximum Gasteiger partial charge on any atom is 0.573 e. The van der Waals surface area contributed by atoms with E-state index in [1.54, 1.807) is 23.9 Å². The second-order valence-electron chi connectivity index (χ2n) is 3.81. The van der Waals surface area contributed by atoms with E-state index >= 15 is 0 Å². The number of hydrogen-bond donors (Lipinski definition) is 0. The molecule has 0 aliphatic carbocycles. The average Bonchev–Trinajstić information content (AvgIpc) is 2.37. The van der Waals surface area contributed by atoms with Crippen molar-refractivity contribution in [2.75, 3.05) is 6.26 Å². The zero-order chi connectivity index (χ0) is 13.9. The SMILES string of the molecule is CSc1cccc(-c2cccc(OC(F)(F)F)c2)c1. The second-order valence-corrected chi connectivity index (χ2v) is 4.69. The number of thioether (sulfide) groups is 1. The maximum atomic E-state index is 12.2. The third-order valence-electron chi connectivity index (χ3n) is 2.47. The minimum atomic E-state index is -4.67. The summed E-state index contributed by atoms with van der Waals surface area (Å²) < 4.78 is 40.4. The van der Waals surface area contributed by atoms with Crippen molar-refractivity contribution >= 4 is 11.8 Å². The van der Waals surface area contributed by atoms with Gasteiger partial charge in [-0.15, -0.1) is 24.9 Å². The van der Waals surface area contributed by atoms with Gasteiger partial charge in [0.2, 0.25) is 0 Å². The summed E-state index contributed by atoms with van der Waals surface area (Å²) >= 11 is 1.58. The van der Waals surface area contributed by atoms with Crippen molar-refractivity contribution in [3.05, 3.63) is 48.5 Å². The van der Waals surface area contributed by atoms with E-state index in [4.69, 9.17) is 0 Å². The predicted molar refractivity (Wildman–Crippen MR) is 70.3 cm³/mol. The molecule has 5 heteroatoms. The largest absolute Gasteiger partial charge is 0.573 e. The van der Waals surface area contributed by atoms with Gasteiger partial charge in [0, 0.05) is 4.90 Å². The first-order valence-electron chi connectivity index (χ1n) is 5.48. The van der Waals surface area contributed by atoms with E-state index in [1.165, 1.54) is 12.1 Å². The van der Waals surface area contributed by atoms with E-state index in [-0.39, 0.29) is 5.75 Å². The van der Waals surface area contributed by atoms with E-state index in [9.17, 15) is 13.2 Å². The molecule has 2 rings (SSSR count). The highest BCUT2D eigenvalue weighted by Gasteiger charge is 2.31. The summed E-state index contributed by atoms with van der Waals surface area (Å²) in [5, 5.41) is 0. The summed E-state index contributed by atoms with van der Waals surface area (Å²) in [5.74, 6) is -0.209. The Kier molecular flexibility index (Phi) is 4.04. The van der Waals surface area contributed by atoms with Crippen LogP contribution in [-0.2, 0) is 0 Å². The zero-order valence-corrected chi connectivity index (χ0v) is 10.9. The van der Waals surface area contributed by atoms with Crippen LogP contribution in [0.3, 0.4) is 0 Å². The van der Waals surface area contributed by atoms with Crippen LogP contribution in [0.15, 0.2) is 53.4 Å². The summed E-state index contributed by atoms with van der Waals surface area (Å²) in [4.78, 5) is 1.06. The van der Waals surface area contributed by atoms with Crippen molar-refractivity contribution in [2.24, 2.45) is 0 Å². The van der Waals surface area contributed by atoms with Gasteiger partial charge in [0.05, 0.1) is 0 Å². The van der Waals surface area contributed by atoms with Gasteiger partial charge < -0.3 is 4.74 Å². The quantitative estimate of drug-likeness (QED) is 0.736. The van der Waals surface area contributed by atoms with Crippen LogP contribution in [-0.4, -0.2) is 12.6 Å². The first-order chi connectivity index (χ1) is 8.98. The molecule has 0 heterocycles. The Balaban J connectivity index is 2.32. The molecule has 1 nitrogen and oxygen atoms in total. The van der Waals surface area contributed by atoms with Crippen LogP contribution in [0.1, 0.15) is 0 Å². The fourth-order valence-corrected chi connectivity index (χ4v) is 2.13. The van der Waals surface area contributed by atoms with Gasteiger partial charge in [-0.05, 0) is 41.6 Å². The lowest BCUT2D eigenvalue weighted by molar-refractivity contribution is -0.274. The van der Waals surface area contributed by atoms with Crippen LogP contribution >= 0.6 is 11.8 Å². The highest BCUT2D eigenvalue weighted by molar-refractivity contribution is 7.98. The van der Waals surface area contributed by atoms with Crippen LogP contribution in [0.5, 0.6) is 5.75 Å². The van der Waals surface area contributed by atoms with Crippen LogP contribution in [0.2, 0.25) is 0 Å². The van der Waals surface area contributed by atoms with Gasteiger partial charge in [-0.25, -0.2) is 0 Å². The van der Waals surface area contributed by atoms with Crippen molar-refractivity contribution in [3.8, 4) is 16.9 Å². The predicted octanol–water partition coefficient (Wildman–Crippen LogP) is 4.97. The summed E-state index contributed by atoms with van der Waals surface area (Å²) in [6.07, 6.45) is -2.72. The molecule has 0 aromatic heterocycles. The molecule has 2 aromatic carbocycles. The van der Waals surface area contributed by atoms with Crippen molar-refractivity contribution in [2.45, 2.75) is 11.3 Å². The smallest absolute Gasteiger partial charge is 0.406 e. The Bertz CT molecular complexity index is 567. The molecule has 0 atom stereocenters. The molecule has 0 bridgehead atoms. The fourth-order valence-electron chi connectivity index (χ4n) is 1.68. The lowest BCUT2D eigenvalue weighted by atomic mass is 10.1. The molecule has 0 N–H and O–H groups in total. The number of rotatable bonds is 3. The number of hydrogen-bond acceptors (Lipinski definition) is 2. The molecule has 0 amide bonds. The lowest BCUT2D eigenvalue weighted by Gasteiger charge is -2.10. The van der Waals surface area contributed by atoms with Gasteiger partial charge in [0.15, 0.2) is 0 Å². The van der Waals surface area contributed by atoms with E-state index < -0.39 is 6.36 Å². The van der Waals surface area contributed by atoms with E-state index in [1.807, 2.05) is 30.5 Å². The number of ether oxygens (including phenoxy) is 1. The summed E-state index contributed by atoms with van der Waals surface area (Å²) in [5.41, 5.74) is 1.55. The van der Waals surface area contributed by atoms with Gasteiger partial charge in [0.1, 0.15) is 5.75 Å². The molecule has 19 heavy (non-hydrogen) atoms. The monoisotopic (exact) mass is 284 g/mol. The minimum absolute atomic E-state index is 0.209. The van der Waals surface area contributed by atoms with Crippen LogP contribution in [0.4, 0.5) is 13.2 Å². The third kappa shape index (κ3) is 3.92. The van der Waals surface area contributed by atoms with E-state index in [0.717, 1.165) is 10.5 Å². The summed E-state index contributed by atoms with van der Waals surface area (Å²) in [7, 11) is 0. The highest BCUT2D eigenvalue weighted by Crippen LogP contribution is 2.29. The molecule has 2 aromatic rings. The first-order valence-corrected chi connectivity index (χ1v) is 6.71. The fraction of sp³-hybridized carbons (Fsp3) is 0.143. The summed E-state index contributed by atoms with van der Waals surface area (Å²) in [6.45, 7) is 0. The van der Waals surface area contributed by atoms with Gasteiger partial charge >= 0.3 is 6.36 Å². The maximum absolute atomic E-state index is 12.2. The number of halogens is 3. The molecule has 0 aliphatic rings. The van der Waals surface area contributed by atoms with Crippen molar-refractivity contribution in [1.29, 1.82) is 0 Å². The third-order valence-corrected chi connectivity index (χ3v) is 3.20. The van der Waals surface area contributed by atoms with Crippen molar-refractivity contribution < 1.29 is 17.9 Å². The van der Waals surface area contributed by atoms with Gasteiger partial charge in [-0.3, -0.25) is 0 Å². The van der Waals surface area contributed by atoms with Crippen LogP contribution in [0, 0.1) is 0 Å². The molecule has 0 spiro atoms. The highest BCUT2D eigenvalue weighted by atomic mass is 32.2. The Labute approximate surface area is 113 Å². The summed E-state index contributed by atoms with van der Waals surface area (Å²) in [6, 6.07) is 13.6. The van der Waals surface area contributed by atoms with E-state index in [0.29, 0.717) is 5.56 Å². The molecule has 0 saturated heterocycles. The Morgan fingerprint density at radius 3 is 2.21 bits per heavy atom. The Morgan fingerprint density at radius 2 is 1.58 bits per heavy atom. The van der Waals surface area contributed by atoms with Gasteiger partial charge in [0.25, 0.3) is 0 Å². The lowest BCUT2D eigenvalue weighted by Crippen LogP contribution is -2.17. The molecule has 0 aliphatic heterocycles. The van der Waals surface area contributed by atoms with E-state index in [2.05, 4.69) is 4.74 Å². The molecule has 100 valence electrons. The minimum Gasteiger partial charge on any atom is -0.406 e. The first kappa shape index (κ1) is 13.8. The average molecular weight is 284 g/mol. The molecular weight excluding hydrogens is 273 g/mol. The molecule has 0 fully saturated rings. The molecular formula is C14H11F3OS. The Hall–Kier alpha value is -1.62. The van der Waals surface area contributed by atoms with Crippen LogP contribution in [0.25, 0.3) is 11.1 Å². The topological polar surface area (TPSA) is 9.23 Å². The standard InChI is InChI=1S/C14H11F3OS/c1-19-13-7-3-5-11(9-13)10-4-2-6-12(8-10)18-14(15,16)17/h2-9H,1H3.